The molecule has 4 aromatic rings. The number of aromatic nitrogens is 1. The molecule has 0 bridgehead atoms. The minimum absolute atomic E-state index is 0.0212. The van der Waals surface area contributed by atoms with Gasteiger partial charge in [0.05, 0.1) is 41.7 Å². The number of thiazole rings is 1. The summed E-state index contributed by atoms with van der Waals surface area (Å²) >= 11 is 1.28. The molecular weight excluding hydrogens is 516 g/mol. The van der Waals surface area contributed by atoms with Gasteiger partial charge in [0.1, 0.15) is 23.0 Å². The number of ether oxygens (including phenoxy) is 3. The molecule has 1 aliphatic rings. The van der Waals surface area contributed by atoms with Crippen LogP contribution in [0.4, 0.5) is 5.13 Å². The first-order valence-electron chi connectivity index (χ1n) is 12.8. The van der Waals surface area contributed by atoms with Crippen molar-refractivity contribution in [2.75, 3.05) is 24.7 Å². The lowest BCUT2D eigenvalue weighted by Crippen LogP contribution is -2.29. The van der Waals surface area contributed by atoms with Gasteiger partial charge in [-0.05, 0) is 80.9 Å². The van der Waals surface area contributed by atoms with Gasteiger partial charge in [-0.3, -0.25) is 14.5 Å². The van der Waals surface area contributed by atoms with Gasteiger partial charge >= 0.3 is 5.91 Å². The van der Waals surface area contributed by atoms with Crippen molar-refractivity contribution < 1.29 is 28.9 Å². The molecule has 0 spiro atoms. The lowest BCUT2D eigenvalue weighted by molar-refractivity contribution is -0.132. The summed E-state index contributed by atoms with van der Waals surface area (Å²) in [5.74, 6) is 0.0914. The molecule has 0 aliphatic carbocycles. The molecule has 0 saturated carbocycles. The normalized spacial score (nSPS) is 16.6. The molecule has 200 valence electrons. The number of aliphatic hydroxyl groups is 1. The van der Waals surface area contributed by atoms with E-state index >= 15 is 0 Å². The molecule has 1 N–H and O–H groups in total. The number of carbonyl (C=O) groups excluding carboxylic acids is 2. The number of amides is 1. The Morgan fingerprint density at radius 1 is 0.872 bits per heavy atom. The predicted octanol–water partition coefficient (Wildman–Crippen LogP) is 6.12. The van der Waals surface area contributed by atoms with E-state index in [2.05, 4.69) is 4.98 Å². The van der Waals surface area contributed by atoms with Gasteiger partial charge in [-0.2, -0.15) is 0 Å². The second-order valence-corrected chi connectivity index (χ2v) is 9.70. The first-order valence-corrected chi connectivity index (χ1v) is 13.6. The van der Waals surface area contributed by atoms with Crippen molar-refractivity contribution in [2.24, 2.45) is 0 Å². The number of anilines is 1. The van der Waals surface area contributed by atoms with Crippen molar-refractivity contribution in [3.63, 3.8) is 0 Å². The number of rotatable bonds is 9. The van der Waals surface area contributed by atoms with Crippen molar-refractivity contribution in [1.82, 2.24) is 4.98 Å². The lowest BCUT2D eigenvalue weighted by atomic mass is 9.95. The van der Waals surface area contributed by atoms with Crippen LogP contribution in [-0.2, 0) is 9.59 Å². The molecule has 0 radical (unpaired) electrons. The van der Waals surface area contributed by atoms with Gasteiger partial charge < -0.3 is 19.3 Å². The van der Waals surface area contributed by atoms with E-state index < -0.39 is 17.7 Å². The quantitative estimate of drug-likeness (QED) is 0.154. The third kappa shape index (κ3) is 5.05. The molecular formula is C30H28N2O6S. The van der Waals surface area contributed by atoms with E-state index in [4.69, 9.17) is 14.2 Å². The minimum Gasteiger partial charge on any atom is -0.507 e. The average molecular weight is 545 g/mol. The maximum Gasteiger partial charge on any atom is 0.301 e. The Bertz CT molecular complexity index is 1560. The average Bonchev–Trinajstić information content (AvgIpc) is 3.47. The second-order valence-electron chi connectivity index (χ2n) is 8.69. The second kappa shape index (κ2) is 11.2. The molecule has 8 nitrogen and oxygen atoms in total. The van der Waals surface area contributed by atoms with E-state index in [1.54, 1.807) is 48.5 Å². The van der Waals surface area contributed by atoms with Gasteiger partial charge in [0.15, 0.2) is 5.13 Å². The van der Waals surface area contributed by atoms with Gasteiger partial charge in [-0.25, -0.2) is 4.98 Å². The third-order valence-corrected chi connectivity index (χ3v) is 7.25. The number of nitrogens with zero attached hydrogens (tertiary/aromatic N) is 2. The number of ketones is 1. The van der Waals surface area contributed by atoms with Crippen LogP contribution in [0.3, 0.4) is 0 Å². The van der Waals surface area contributed by atoms with E-state index in [1.165, 1.54) is 16.2 Å². The smallest absolute Gasteiger partial charge is 0.301 e. The number of aliphatic hydroxyl groups excluding tert-OH is 1. The van der Waals surface area contributed by atoms with E-state index in [9.17, 15) is 14.7 Å². The molecule has 39 heavy (non-hydrogen) atoms. The Morgan fingerprint density at radius 2 is 1.51 bits per heavy atom. The number of benzene rings is 3. The molecule has 1 amide bonds. The van der Waals surface area contributed by atoms with Gasteiger partial charge in [0, 0.05) is 5.56 Å². The van der Waals surface area contributed by atoms with Gasteiger partial charge in [-0.15, -0.1) is 0 Å². The summed E-state index contributed by atoms with van der Waals surface area (Å²) < 4.78 is 17.6. The highest BCUT2D eigenvalue weighted by molar-refractivity contribution is 7.22. The fraction of sp³-hybridized carbons (Fsp3) is 0.233. The summed E-state index contributed by atoms with van der Waals surface area (Å²) in [6.07, 6.45) is 0. The van der Waals surface area contributed by atoms with Crippen molar-refractivity contribution in [1.29, 1.82) is 0 Å². The number of hydrogen-bond donors (Lipinski definition) is 1. The van der Waals surface area contributed by atoms with Crippen LogP contribution in [0, 0.1) is 0 Å². The standard InChI is InChI=1S/C30H28N2O6S/c1-4-36-20-12-10-18(11-13-20)27(33)25-26(19-8-7-9-21(16-19)37-5-2)32(29(35)28(25)34)30-31-23-15-14-22(38-6-3)17-24(23)39-30/h7-17,26,33H,4-6H2,1-3H3. The molecule has 2 heterocycles. The predicted molar refractivity (Wildman–Crippen MR) is 151 cm³/mol. The van der Waals surface area contributed by atoms with E-state index in [0.29, 0.717) is 58.8 Å². The van der Waals surface area contributed by atoms with Crippen LogP contribution in [0.25, 0.3) is 16.0 Å². The number of fused-ring (bicyclic) bond motifs is 1. The summed E-state index contributed by atoms with van der Waals surface area (Å²) in [7, 11) is 0. The number of hydrogen-bond acceptors (Lipinski definition) is 8. The van der Waals surface area contributed by atoms with Crippen LogP contribution < -0.4 is 19.1 Å². The largest absolute Gasteiger partial charge is 0.507 e. The molecule has 1 saturated heterocycles. The first kappa shape index (κ1) is 26.2. The summed E-state index contributed by atoms with van der Waals surface area (Å²) in [6, 6.07) is 18.5. The van der Waals surface area contributed by atoms with Crippen LogP contribution >= 0.6 is 11.3 Å². The highest BCUT2D eigenvalue weighted by Crippen LogP contribution is 2.45. The maximum atomic E-state index is 13.6. The summed E-state index contributed by atoms with van der Waals surface area (Å²) in [6.45, 7) is 7.14. The Labute approximate surface area is 230 Å². The fourth-order valence-corrected chi connectivity index (χ4v) is 5.59. The Kier molecular flexibility index (Phi) is 7.51. The number of Topliss-reactive ketones (excluding diaryl/α,β-unsaturated/α-hetero) is 1. The van der Waals surface area contributed by atoms with Crippen molar-refractivity contribution in [2.45, 2.75) is 26.8 Å². The lowest BCUT2D eigenvalue weighted by Gasteiger charge is -2.23. The van der Waals surface area contributed by atoms with Crippen LogP contribution in [0.1, 0.15) is 37.9 Å². The monoisotopic (exact) mass is 544 g/mol. The molecule has 9 heteroatoms. The highest BCUT2D eigenvalue weighted by Gasteiger charge is 2.48. The molecule has 3 aromatic carbocycles. The Balaban J connectivity index is 1.66. The molecule has 5 rings (SSSR count). The maximum absolute atomic E-state index is 13.6. The summed E-state index contributed by atoms with van der Waals surface area (Å²) in [5, 5.41) is 11.8. The minimum atomic E-state index is -0.913. The number of carbonyl (C=O) groups is 2. The van der Waals surface area contributed by atoms with Crippen LogP contribution in [-0.4, -0.2) is 41.6 Å². The van der Waals surface area contributed by atoms with E-state index in [1.807, 2.05) is 39.0 Å². The van der Waals surface area contributed by atoms with E-state index in [0.717, 1.165) is 4.70 Å². The molecule has 1 aliphatic heterocycles. The molecule has 1 atom stereocenters. The zero-order valence-corrected chi connectivity index (χ0v) is 22.7. The fourth-order valence-electron chi connectivity index (χ4n) is 4.57. The van der Waals surface area contributed by atoms with Crippen molar-refractivity contribution in [3.8, 4) is 17.2 Å². The van der Waals surface area contributed by atoms with Crippen LogP contribution in [0.5, 0.6) is 17.2 Å². The summed E-state index contributed by atoms with van der Waals surface area (Å²) in [5.41, 5.74) is 1.66. The van der Waals surface area contributed by atoms with Gasteiger partial charge in [0.2, 0.25) is 0 Å². The summed E-state index contributed by atoms with van der Waals surface area (Å²) in [4.78, 5) is 33.1. The Morgan fingerprint density at radius 3 is 2.21 bits per heavy atom. The topological polar surface area (TPSA) is 98.2 Å². The SMILES string of the molecule is CCOc1ccc(C(O)=C2C(=O)C(=O)N(c3nc4ccc(OCC)cc4s3)C2c2cccc(OCC)c2)cc1. The van der Waals surface area contributed by atoms with Gasteiger partial charge in [0.25, 0.3) is 5.78 Å². The van der Waals surface area contributed by atoms with Crippen LogP contribution in [0.15, 0.2) is 72.3 Å². The molecule has 1 aromatic heterocycles. The highest BCUT2D eigenvalue weighted by atomic mass is 32.1. The molecule has 1 unspecified atom stereocenters. The first-order chi connectivity index (χ1) is 18.9. The van der Waals surface area contributed by atoms with Crippen molar-refractivity contribution in [3.05, 3.63) is 83.4 Å². The molecule has 1 fully saturated rings. The van der Waals surface area contributed by atoms with Crippen molar-refractivity contribution >= 4 is 44.1 Å². The third-order valence-electron chi connectivity index (χ3n) is 6.23. The zero-order valence-electron chi connectivity index (χ0n) is 21.8. The Hall–Kier alpha value is -4.37. The van der Waals surface area contributed by atoms with Crippen LogP contribution in [0.2, 0.25) is 0 Å². The van der Waals surface area contributed by atoms with E-state index in [-0.39, 0.29) is 11.3 Å². The zero-order chi connectivity index (χ0) is 27.5. The van der Waals surface area contributed by atoms with Gasteiger partial charge in [-0.1, -0.05) is 23.5 Å².